The minimum absolute atomic E-state index is 0.0208. The molecule has 1 aromatic rings. The number of methoxy groups -OCH3 is 1. The summed E-state index contributed by atoms with van der Waals surface area (Å²) in [6, 6.07) is 7.45. The SMILES string of the molecule is COCCN(C)CCNC(=O)C(C)(C)c1ccc(N)cc1. The number of nitrogens with two attached hydrogens (primary N) is 1. The van der Waals surface area contributed by atoms with Crippen molar-refractivity contribution in [3.8, 4) is 0 Å². The lowest BCUT2D eigenvalue weighted by Crippen LogP contribution is -2.43. The van der Waals surface area contributed by atoms with Crippen LogP contribution >= 0.6 is 0 Å². The third-order valence-electron chi connectivity index (χ3n) is 3.66. The van der Waals surface area contributed by atoms with Crippen LogP contribution in [0.3, 0.4) is 0 Å². The molecule has 0 fully saturated rings. The minimum Gasteiger partial charge on any atom is -0.399 e. The van der Waals surface area contributed by atoms with Crippen molar-refractivity contribution in [2.45, 2.75) is 19.3 Å². The van der Waals surface area contributed by atoms with Gasteiger partial charge in [-0.2, -0.15) is 0 Å². The Kier molecular flexibility index (Phi) is 6.65. The van der Waals surface area contributed by atoms with Crippen LogP contribution in [0.15, 0.2) is 24.3 Å². The van der Waals surface area contributed by atoms with Crippen LogP contribution in [-0.4, -0.2) is 51.2 Å². The van der Waals surface area contributed by atoms with Gasteiger partial charge in [-0.3, -0.25) is 4.79 Å². The largest absolute Gasteiger partial charge is 0.399 e. The first kappa shape index (κ1) is 17.5. The highest BCUT2D eigenvalue weighted by Crippen LogP contribution is 2.24. The number of benzene rings is 1. The summed E-state index contributed by atoms with van der Waals surface area (Å²) >= 11 is 0. The summed E-state index contributed by atoms with van der Waals surface area (Å²) in [5.74, 6) is 0.0208. The molecule has 5 nitrogen and oxygen atoms in total. The number of likely N-dealkylation sites (N-methyl/N-ethyl adjacent to an activating group) is 1. The molecule has 0 aliphatic heterocycles. The number of carbonyl (C=O) groups excluding carboxylic acids is 1. The molecule has 0 saturated heterocycles. The summed E-state index contributed by atoms with van der Waals surface area (Å²) in [6.07, 6.45) is 0. The van der Waals surface area contributed by atoms with E-state index in [1.165, 1.54) is 0 Å². The van der Waals surface area contributed by atoms with E-state index in [2.05, 4.69) is 10.2 Å². The molecule has 0 atom stereocenters. The molecule has 0 aromatic heterocycles. The fourth-order valence-corrected chi connectivity index (χ4v) is 1.97. The summed E-state index contributed by atoms with van der Waals surface area (Å²) < 4.78 is 5.02. The van der Waals surface area contributed by atoms with Crippen molar-refractivity contribution in [3.05, 3.63) is 29.8 Å². The molecule has 1 amide bonds. The van der Waals surface area contributed by atoms with Crippen molar-refractivity contribution < 1.29 is 9.53 Å². The maximum atomic E-state index is 12.4. The van der Waals surface area contributed by atoms with E-state index in [4.69, 9.17) is 10.5 Å². The molecule has 1 rings (SSSR count). The highest BCUT2D eigenvalue weighted by molar-refractivity contribution is 5.87. The van der Waals surface area contributed by atoms with Gasteiger partial charge in [0.2, 0.25) is 5.91 Å². The fraction of sp³-hybridized carbons (Fsp3) is 0.562. The van der Waals surface area contributed by atoms with E-state index in [1.807, 2.05) is 45.2 Å². The zero-order valence-corrected chi connectivity index (χ0v) is 13.5. The van der Waals surface area contributed by atoms with E-state index < -0.39 is 5.41 Å². The number of ether oxygens (including phenoxy) is 1. The monoisotopic (exact) mass is 293 g/mol. The molecular weight excluding hydrogens is 266 g/mol. The molecule has 0 radical (unpaired) electrons. The van der Waals surface area contributed by atoms with Gasteiger partial charge in [0, 0.05) is 32.4 Å². The van der Waals surface area contributed by atoms with Gasteiger partial charge in [0.05, 0.1) is 12.0 Å². The Morgan fingerprint density at radius 2 is 1.90 bits per heavy atom. The number of hydrogen-bond acceptors (Lipinski definition) is 4. The summed E-state index contributed by atoms with van der Waals surface area (Å²) in [7, 11) is 3.70. The second kappa shape index (κ2) is 8.00. The second-order valence-corrected chi connectivity index (χ2v) is 5.80. The molecule has 0 spiro atoms. The maximum Gasteiger partial charge on any atom is 0.230 e. The van der Waals surface area contributed by atoms with Crippen molar-refractivity contribution in [1.82, 2.24) is 10.2 Å². The summed E-state index contributed by atoms with van der Waals surface area (Å²) in [5.41, 5.74) is 6.78. The number of carbonyl (C=O) groups is 1. The van der Waals surface area contributed by atoms with Gasteiger partial charge in [-0.15, -0.1) is 0 Å². The number of rotatable bonds is 8. The Labute approximate surface area is 127 Å². The van der Waals surface area contributed by atoms with Crippen LogP contribution in [0.1, 0.15) is 19.4 Å². The first-order valence-electron chi connectivity index (χ1n) is 7.19. The van der Waals surface area contributed by atoms with Gasteiger partial charge in [0.25, 0.3) is 0 Å². The number of anilines is 1. The quantitative estimate of drug-likeness (QED) is 0.708. The minimum atomic E-state index is -0.571. The predicted octanol–water partition coefficient (Wildman–Crippen LogP) is 1.24. The van der Waals surface area contributed by atoms with E-state index >= 15 is 0 Å². The van der Waals surface area contributed by atoms with Crippen LogP contribution in [0.4, 0.5) is 5.69 Å². The third kappa shape index (κ3) is 5.36. The molecule has 0 bridgehead atoms. The molecule has 0 heterocycles. The lowest BCUT2D eigenvalue weighted by atomic mass is 9.83. The number of hydrogen-bond donors (Lipinski definition) is 2. The molecule has 0 unspecified atom stereocenters. The normalized spacial score (nSPS) is 11.7. The van der Waals surface area contributed by atoms with E-state index in [0.717, 1.165) is 18.7 Å². The highest BCUT2D eigenvalue weighted by atomic mass is 16.5. The Morgan fingerprint density at radius 3 is 2.48 bits per heavy atom. The van der Waals surface area contributed by atoms with Crippen LogP contribution in [0.2, 0.25) is 0 Å². The van der Waals surface area contributed by atoms with Crippen LogP contribution in [-0.2, 0) is 14.9 Å². The molecule has 21 heavy (non-hydrogen) atoms. The zero-order chi connectivity index (χ0) is 15.9. The second-order valence-electron chi connectivity index (χ2n) is 5.80. The molecule has 118 valence electrons. The van der Waals surface area contributed by atoms with Gasteiger partial charge in [-0.1, -0.05) is 12.1 Å². The Morgan fingerprint density at radius 1 is 1.29 bits per heavy atom. The number of amides is 1. The molecule has 0 saturated carbocycles. The molecule has 3 N–H and O–H groups in total. The predicted molar refractivity (Wildman–Crippen MR) is 86.3 cm³/mol. The first-order chi connectivity index (χ1) is 9.87. The van der Waals surface area contributed by atoms with E-state index in [1.54, 1.807) is 7.11 Å². The van der Waals surface area contributed by atoms with Crippen molar-refractivity contribution in [1.29, 1.82) is 0 Å². The lowest BCUT2D eigenvalue weighted by Gasteiger charge is -2.25. The Hall–Kier alpha value is -1.59. The van der Waals surface area contributed by atoms with Crippen molar-refractivity contribution in [3.63, 3.8) is 0 Å². The molecule has 0 aliphatic rings. The van der Waals surface area contributed by atoms with Crippen molar-refractivity contribution >= 4 is 11.6 Å². The van der Waals surface area contributed by atoms with E-state index in [-0.39, 0.29) is 5.91 Å². The van der Waals surface area contributed by atoms with E-state index in [9.17, 15) is 4.79 Å². The van der Waals surface area contributed by atoms with Crippen LogP contribution in [0, 0.1) is 0 Å². The number of nitrogens with one attached hydrogen (secondary N) is 1. The zero-order valence-electron chi connectivity index (χ0n) is 13.5. The smallest absolute Gasteiger partial charge is 0.230 e. The van der Waals surface area contributed by atoms with Crippen molar-refractivity contribution in [2.24, 2.45) is 0 Å². The molecule has 0 aliphatic carbocycles. The standard InChI is InChI=1S/C16H27N3O2/c1-16(2,13-5-7-14(17)8-6-13)15(20)18-9-10-19(3)11-12-21-4/h5-8H,9-12,17H2,1-4H3,(H,18,20). The van der Waals surface area contributed by atoms with Gasteiger partial charge >= 0.3 is 0 Å². The summed E-state index contributed by atoms with van der Waals surface area (Å²) in [4.78, 5) is 14.5. The lowest BCUT2D eigenvalue weighted by molar-refractivity contribution is -0.125. The molecule has 1 aromatic carbocycles. The van der Waals surface area contributed by atoms with Gasteiger partial charge in [0.15, 0.2) is 0 Å². The Balaban J connectivity index is 2.48. The molecular formula is C16H27N3O2. The van der Waals surface area contributed by atoms with Crippen LogP contribution in [0.5, 0.6) is 0 Å². The number of nitrogens with zero attached hydrogens (tertiary/aromatic N) is 1. The number of nitrogen functional groups attached to an aromatic ring is 1. The average Bonchev–Trinajstić information content (AvgIpc) is 2.45. The Bertz CT molecular complexity index is 443. The average molecular weight is 293 g/mol. The van der Waals surface area contributed by atoms with Gasteiger partial charge in [-0.25, -0.2) is 0 Å². The maximum absolute atomic E-state index is 12.4. The third-order valence-corrected chi connectivity index (χ3v) is 3.66. The van der Waals surface area contributed by atoms with Gasteiger partial charge in [-0.05, 0) is 38.6 Å². The van der Waals surface area contributed by atoms with Gasteiger partial charge in [0.1, 0.15) is 0 Å². The van der Waals surface area contributed by atoms with Gasteiger partial charge < -0.3 is 20.7 Å². The van der Waals surface area contributed by atoms with Crippen molar-refractivity contribution in [2.75, 3.05) is 46.1 Å². The summed E-state index contributed by atoms with van der Waals surface area (Å²) in [6.45, 7) is 6.81. The fourth-order valence-electron chi connectivity index (χ4n) is 1.97. The van der Waals surface area contributed by atoms with Crippen LogP contribution < -0.4 is 11.1 Å². The summed E-state index contributed by atoms with van der Waals surface area (Å²) in [5, 5.41) is 2.99. The first-order valence-corrected chi connectivity index (χ1v) is 7.19. The topological polar surface area (TPSA) is 67.6 Å². The molecule has 5 heteroatoms. The van der Waals surface area contributed by atoms with Crippen LogP contribution in [0.25, 0.3) is 0 Å². The highest BCUT2D eigenvalue weighted by Gasteiger charge is 2.29. The van der Waals surface area contributed by atoms with E-state index in [0.29, 0.717) is 18.8 Å².